The Morgan fingerprint density at radius 1 is 1.35 bits per heavy atom. The number of benzene rings is 1. The van der Waals surface area contributed by atoms with Gasteiger partial charge in [0.2, 0.25) is 15.9 Å². The first-order valence-corrected chi connectivity index (χ1v) is 7.65. The molecule has 1 aromatic carbocycles. The third-order valence-corrected chi connectivity index (χ3v) is 2.95. The summed E-state index contributed by atoms with van der Waals surface area (Å²) in [7, 11) is -3.38. The van der Waals surface area contributed by atoms with Crippen molar-refractivity contribution in [1.82, 2.24) is 5.32 Å². The van der Waals surface area contributed by atoms with E-state index >= 15 is 0 Å². The summed E-state index contributed by atoms with van der Waals surface area (Å²) < 4.78 is 24.5. The van der Waals surface area contributed by atoms with Crippen molar-refractivity contribution in [2.24, 2.45) is 0 Å². The SMILES string of the molecule is C[C@@H](NC(=O)Cc1cccc(NS(C)(=O)=O)c1)C(=O)O. The van der Waals surface area contributed by atoms with Gasteiger partial charge in [-0.1, -0.05) is 12.1 Å². The summed E-state index contributed by atoms with van der Waals surface area (Å²) >= 11 is 0. The lowest BCUT2D eigenvalue weighted by molar-refractivity contribution is -0.141. The molecule has 0 aromatic heterocycles. The monoisotopic (exact) mass is 300 g/mol. The molecule has 0 saturated heterocycles. The summed E-state index contributed by atoms with van der Waals surface area (Å²) in [4.78, 5) is 22.2. The van der Waals surface area contributed by atoms with Gasteiger partial charge in [-0.25, -0.2) is 8.42 Å². The van der Waals surface area contributed by atoms with Crippen molar-refractivity contribution in [3.8, 4) is 0 Å². The second-order valence-corrected chi connectivity index (χ2v) is 6.13. The lowest BCUT2D eigenvalue weighted by Crippen LogP contribution is -2.39. The maximum atomic E-state index is 11.6. The predicted octanol–water partition coefficient (Wildman–Crippen LogP) is 0.190. The number of anilines is 1. The molecule has 0 spiro atoms. The van der Waals surface area contributed by atoms with E-state index in [0.29, 0.717) is 11.3 Å². The molecule has 0 radical (unpaired) electrons. The highest BCUT2D eigenvalue weighted by molar-refractivity contribution is 7.92. The average molecular weight is 300 g/mol. The summed E-state index contributed by atoms with van der Waals surface area (Å²) in [5.41, 5.74) is 0.929. The molecule has 1 rings (SSSR count). The van der Waals surface area contributed by atoms with Crippen LogP contribution < -0.4 is 10.0 Å². The van der Waals surface area contributed by atoms with Crippen LogP contribution in [0.2, 0.25) is 0 Å². The molecule has 0 unspecified atom stereocenters. The minimum atomic E-state index is -3.38. The summed E-state index contributed by atoms with van der Waals surface area (Å²) in [6, 6.07) is 5.36. The number of aliphatic carboxylic acids is 1. The molecule has 1 amide bonds. The topological polar surface area (TPSA) is 113 Å². The van der Waals surface area contributed by atoms with E-state index in [-0.39, 0.29) is 6.42 Å². The van der Waals surface area contributed by atoms with Gasteiger partial charge in [-0.05, 0) is 24.6 Å². The second kappa shape index (κ2) is 6.38. The number of carbonyl (C=O) groups excluding carboxylic acids is 1. The van der Waals surface area contributed by atoms with E-state index in [9.17, 15) is 18.0 Å². The van der Waals surface area contributed by atoms with Gasteiger partial charge >= 0.3 is 5.97 Å². The number of hydrogen-bond acceptors (Lipinski definition) is 4. The quantitative estimate of drug-likeness (QED) is 0.694. The van der Waals surface area contributed by atoms with Gasteiger partial charge in [-0.3, -0.25) is 14.3 Å². The van der Waals surface area contributed by atoms with Gasteiger partial charge in [-0.2, -0.15) is 0 Å². The summed E-state index contributed by atoms with van der Waals surface area (Å²) in [5.74, 6) is -1.57. The minimum Gasteiger partial charge on any atom is -0.480 e. The zero-order chi connectivity index (χ0) is 15.3. The zero-order valence-electron chi connectivity index (χ0n) is 11.1. The molecule has 0 heterocycles. The number of sulfonamides is 1. The van der Waals surface area contributed by atoms with Crippen LogP contribution in [0.25, 0.3) is 0 Å². The van der Waals surface area contributed by atoms with Crippen LogP contribution in [0.4, 0.5) is 5.69 Å². The second-order valence-electron chi connectivity index (χ2n) is 4.38. The molecular formula is C12H16N2O5S. The maximum Gasteiger partial charge on any atom is 0.325 e. The highest BCUT2D eigenvalue weighted by atomic mass is 32.2. The van der Waals surface area contributed by atoms with Gasteiger partial charge < -0.3 is 10.4 Å². The molecule has 110 valence electrons. The Morgan fingerprint density at radius 3 is 2.55 bits per heavy atom. The van der Waals surface area contributed by atoms with Crippen LogP contribution in [0.5, 0.6) is 0 Å². The lowest BCUT2D eigenvalue weighted by Gasteiger charge is -2.10. The van der Waals surface area contributed by atoms with Crippen molar-refractivity contribution < 1.29 is 23.1 Å². The molecule has 0 bridgehead atoms. The van der Waals surface area contributed by atoms with Gasteiger partial charge in [-0.15, -0.1) is 0 Å². The molecule has 7 nitrogen and oxygen atoms in total. The molecule has 3 N–H and O–H groups in total. The summed E-state index contributed by atoms with van der Waals surface area (Å²) in [6.45, 7) is 1.36. The van der Waals surface area contributed by atoms with Gasteiger partial charge in [0.05, 0.1) is 12.7 Å². The van der Waals surface area contributed by atoms with Crippen LogP contribution in [0.3, 0.4) is 0 Å². The van der Waals surface area contributed by atoms with Gasteiger partial charge in [0, 0.05) is 5.69 Å². The first-order valence-electron chi connectivity index (χ1n) is 5.76. The van der Waals surface area contributed by atoms with E-state index in [1.54, 1.807) is 18.2 Å². The molecule has 20 heavy (non-hydrogen) atoms. The Kier molecular flexibility index (Phi) is 5.09. The van der Waals surface area contributed by atoms with Crippen molar-refractivity contribution in [2.75, 3.05) is 11.0 Å². The van der Waals surface area contributed by atoms with E-state index in [0.717, 1.165) is 6.26 Å². The molecule has 0 aliphatic heterocycles. The van der Waals surface area contributed by atoms with Crippen LogP contribution in [0.15, 0.2) is 24.3 Å². The van der Waals surface area contributed by atoms with Crippen LogP contribution in [0.1, 0.15) is 12.5 Å². The number of amides is 1. The molecule has 0 saturated carbocycles. The molecule has 0 aliphatic carbocycles. The molecule has 0 fully saturated rings. The third kappa shape index (κ3) is 5.70. The minimum absolute atomic E-state index is 0.0309. The van der Waals surface area contributed by atoms with Crippen molar-refractivity contribution in [3.63, 3.8) is 0 Å². The van der Waals surface area contributed by atoms with Crippen LogP contribution >= 0.6 is 0 Å². The predicted molar refractivity (Wildman–Crippen MR) is 73.9 cm³/mol. The molecule has 1 atom stereocenters. The normalized spacial score (nSPS) is 12.5. The van der Waals surface area contributed by atoms with Crippen LogP contribution in [-0.2, 0) is 26.0 Å². The van der Waals surface area contributed by atoms with Gasteiger partial charge in [0.1, 0.15) is 6.04 Å². The number of carboxylic acid groups (broad SMARTS) is 1. The Bertz CT molecular complexity index is 612. The fourth-order valence-corrected chi connectivity index (χ4v) is 2.05. The standard InChI is InChI=1S/C12H16N2O5S/c1-8(12(16)17)13-11(15)7-9-4-3-5-10(6-9)14-20(2,18)19/h3-6,8,14H,7H2,1-2H3,(H,13,15)(H,16,17)/t8-/m1/s1. The smallest absolute Gasteiger partial charge is 0.325 e. The Labute approximate surface area is 117 Å². The first kappa shape index (κ1) is 16.0. The number of hydrogen-bond donors (Lipinski definition) is 3. The summed E-state index contributed by atoms with van der Waals surface area (Å²) in [6.07, 6.45) is 0.998. The fourth-order valence-electron chi connectivity index (χ4n) is 1.50. The summed E-state index contributed by atoms with van der Waals surface area (Å²) in [5, 5.41) is 11.0. The maximum absolute atomic E-state index is 11.6. The molecular weight excluding hydrogens is 284 g/mol. The highest BCUT2D eigenvalue weighted by Crippen LogP contribution is 2.12. The van der Waals surface area contributed by atoms with E-state index in [2.05, 4.69) is 10.0 Å². The van der Waals surface area contributed by atoms with E-state index in [1.165, 1.54) is 13.0 Å². The average Bonchev–Trinajstić information content (AvgIpc) is 2.26. The van der Waals surface area contributed by atoms with Crippen molar-refractivity contribution in [2.45, 2.75) is 19.4 Å². The molecule has 8 heteroatoms. The van der Waals surface area contributed by atoms with Crippen molar-refractivity contribution in [1.29, 1.82) is 0 Å². The number of nitrogens with one attached hydrogen (secondary N) is 2. The van der Waals surface area contributed by atoms with Gasteiger partial charge in [0.25, 0.3) is 0 Å². The van der Waals surface area contributed by atoms with Crippen LogP contribution in [0, 0.1) is 0 Å². The Morgan fingerprint density at radius 2 is 2.00 bits per heavy atom. The molecule has 1 aromatic rings. The van der Waals surface area contributed by atoms with Gasteiger partial charge in [0.15, 0.2) is 0 Å². The van der Waals surface area contributed by atoms with Crippen molar-refractivity contribution in [3.05, 3.63) is 29.8 Å². The number of rotatable bonds is 6. The number of carbonyl (C=O) groups is 2. The van der Waals surface area contributed by atoms with Crippen LogP contribution in [-0.4, -0.2) is 37.7 Å². The third-order valence-electron chi connectivity index (χ3n) is 2.34. The van der Waals surface area contributed by atoms with E-state index in [4.69, 9.17) is 5.11 Å². The first-order chi connectivity index (χ1) is 9.17. The largest absolute Gasteiger partial charge is 0.480 e. The number of carboxylic acids is 1. The van der Waals surface area contributed by atoms with E-state index < -0.39 is 27.9 Å². The lowest BCUT2D eigenvalue weighted by atomic mass is 10.1. The highest BCUT2D eigenvalue weighted by Gasteiger charge is 2.14. The Balaban J connectivity index is 2.71. The van der Waals surface area contributed by atoms with Crippen molar-refractivity contribution >= 4 is 27.6 Å². The zero-order valence-corrected chi connectivity index (χ0v) is 11.9. The Hall–Kier alpha value is -2.09. The molecule has 0 aliphatic rings. The fraction of sp³-hybridized carbons (Fsp3) is 0.333. The van der Waals surface area contributed by atoms with E-state index in [1.807, 2.05) is 0 Å².